The first kappa shape index (κ1) is 10.7. The third-order valence-corrected chi connectivity index (χ3v) is 3.54. The highest BCUT2D eigenvalue weighted by Crippen LogP contribution is 2.33. The summed E-state index contributed by atoms with van der Waals surface area (Å²) in [7, 11) is 0. The number of halogens is 1. The van der Waals surface area contributed by atoms with Crippen molar-refractivity contribution in [2.45, 2.75) is 32.6 Å². The number of ketones is 1. The second kappa shape index (κ2) is 4.36. The van der Waals surface area contributed by atoms with E-state index in [-0.39, 0.29) is 5.92 Å². The van der Waals surface area contributed by atoms with E-state index in [0.717, 1.165) is 36.3 Å². The molecule has 0 N–H and O–H groups in total. The molecule has 1 atom stereocenters. The van der Waals surface area contributed by atoms with E-state index in [1.54, 1.807) is 0 Å². The van der Waals surface area contributed by atoms with E-state index in [4.69, 9.17) is 11.6 Å². The van der Waals surface area contributed by atoms with Crippen LogP contribution in [0.2, 0.25) is 0 Å². The minimum absolute atomic E-state index is 0.227. The van der Waals surface area contributed by atoms with Gasteiger partial charge in [0.2, 0.25) is 0 Å². The zero-order valence-electron chi connectivity index (χ0n) is 8.92. The Labute approximate surface area is 95.5 Å². The van der Waals surface area contributed by atoms with Crippen LogP contribution < -0.4 is 0 Å². The molecule has 0 heterocycles. The van der Waals surface area contributed by atoms with Crippen LogP contribution in [0, 0.1) is 5.92 Å². The largest absolute Gasteiger partial charge is 0.294 e. The summed E-state index contributed by atoms with van der Waals surface area (Å²) in [5.41, 5.74) is 2.18. The van der Waals surface area contributed by atoms with Crippen molar-refractivity contribution in [3.8, 4) is 0 Å². The molecule has 2 rings (SSSR count). The number of rotatable bonds is 1. The quantitative estimate of drug-likeness (QED) is 0.660. The topological polar surface area (TPSA) is 17.1 Å². The monoisotopic (exact) mass is 222 g/mol. The van der Waals surface area contributed by atoms with Crippen molar-refractivity contribution < 1.29 is 4.79 Å². The Balaban J connectivity index is 2.31. The highest BCUT2D eigenvalue weighted by molar-refractivity contribution is 6.31. The maximum absolute atomic E-state index is 12.1. The predicted octanol–water partition coefficient (Wildman–Crippen LogP) is 3.75. The standard InChI is InChI=1S/C13H15ClO/c1-2-9-3-4-10-5-6-11(14)7-8-12(10)13(9)15/h6-9H,2-5H2,1H3. The summed E-state index contributed by atoms with van der Waals surface area (Å²) in [5, 5.41) is 0.741. The van der Waals surface area contributed by atoms with E-state index in [0.29, 0.717) is 5.78 Å². The molecule has 0 aliphatic heterocycles. The minimum Gasteiger partial charge on any atom is -0.294 e. The molecule has 0 aromatic rings. The third kappa shape index (κ3) is 2.07. The van der Waals surface area contributed by atoms with Gasteiger partial charge in [-0.05, 0) is 37.8 Å². The lowest BCUT2D eigenvalue weighted by molar-refractivity contribution is -0.119. The summed E-state index contributed by atoms with van der Waals surface area (Å²) in [5.74, 6) is 0.542. The zero-order valence-corrected chi connectivity index (χ0v) is 9.68. The number of Topliss-reactive ketones (excluding diaryl/α,β-unsaturated/α-hetero) is 1. The van der Waals surface area contributed by atoms with Crippen molar-refractivity contribution in [2.24, 2.45) is 5.92 Å². The first-order valence-corrected chi connectivity index (χ1v) is 5.90. The second-order valence-corrected chi connectivity index (χ2v) is 4.59. The van der Waals surface area contributed by atoms with Crippen molar-refractivity contribution in [1.82, 2.24) is 0 Å². The molecule has 2 aliphatic rings. The van der Waals surface area contributed by atoms with Crippen LogP contribution in [0.3, 0.4) is 0 Å². The Morgan fingerprint density at radius 3 is 3.00 bits per heavy atom. The van der Waals surface area contributed by atoms with Crippen molar-refractivity contribution in [3.05, 3.63) is 34.4 Å². The van der Waals surface area contributed by atoms with E-state index in [1.165, 1.54) is 5.57 Å². The molecule has 0 radical (unpaired) electrons. The first-order valence-electron chi connectivity index (χ1n) is 5.52. The second-order valence-electron chi connectivity index (χ2n) is 4.15. The van der Waals surface area contributed by atoms with Gasteiger partial charge in [0.05, 0.1) is 0 Å². The van der Waals surface area contributed by atoms with Crippen LogP contribution in [0.4, 0.5) is 0 Å². The number of hydrogen-bond donors (Lipinski definition) is 0. The Kier molecular flexibility index (Phi) is 3.11. The van der Waals surface area contributed by atoms with Gasteiger partial charge < -0.3 is 0 Å². The van der Waals surface area contributed by atoms with Gasteiger partial charge in [0.1, 0.15) is 0 Å². The van der Waals surface area contributed by atoms with Crippen LogP contribution >= 0.6 is 11.6 Å². The summed E-state index contributed by atoms with van der Waals surface area (Å²) in [4.78, 5) is 12.1. The molecular weight excluding hydrogens is 208 g/mol. The first-order chi connectivity index (χ1) is 7.22. The molecule has 0 saturated heterocycles. The smallest absolute Gasteiger partial charge is 0.165 e. The van der Waals surface area contributed by atoms with E-state index >= 15 is 0 Å². The summed E-state index contributed by atoms with van der Waals surface area (Å²) < 4.78 is 0. The van der Waals surface area contributed by atoms with E-state index in [2.05, 4.69) is 6.92 Å². The van der Waals surface area contributed by atoms with Crippen molar-refractivity contribution in [3.63, 3.8) is 0 Å². The van der Waals surface area contributed by atoms with Gasteiger partial charge in [-0.3, -0.25) is 4.79 Å². The SMILES string of the molecule is CCC1CCC2=C(C=CC(Cl)=CC2)C1=O. The molecule has 0 amide bonds. The molecule has 0 aromatic heterocycles. The molecule has 0 fully saturated rings. The van der Waals surface area contributed by atoms with E-state index in [1.807, 2.05) is 18.2 Å². The molecule has 80 valence electrons. The normalized spacial score (nSPS) is 26.1. The number of carbonyl (C=O) groups excluding carboxylic acids is 1. The molecular formula is C13H15ClO. The summed E-state index contributed by atoms with van der Waals surface area (Å²) in [6.07, 6.45) is 9.55. The molecule has 2 heteroatoms. The van der Waals surface area contributed by atoms with Crippen LogP contribution in [0.25, 0.3) is 0 Å². The molecule has 1 unspecified atom stereocenters. The van der Waals surface area contributed by atoms with Gasteiger partial charge in [-0.15, -0.1) is 0 Å². The third-order valence-electron chi connectivity index (χ3n) is 3.26. The zero-order chi connectivity index (χ0) is 10.8. The molecule has 0 spiro atoms. The van der Waals surface area contributed by atoms with Crippen LogP contribution in [0.5, 0.6) is 0 Å². The molecule has 0 aromatic carbocycles. The van der Waals surface area contributed by atoms with Gasteiger partial charge in [-0.1, -0.05) is 30.2 Å². The lowest BCUT2D eigenvalue weighted by Crippen LogP contribution is -2.21. The maximum atomic E-state index is 12.1. The summed E-state index contributed by atoms with van der Waals surface area (Å²) in [6.45, 7) is 2.08. The van der Waals surface area contributed by atoms with Crippen molar-refractivity contribution in [1.29, 1.82) is 0 Å². The van der Waals surface area contributed by atoms with E-state index < -0.39 is 0 Å². The van der Waals surface area contributed by atoms with Gasteiger partial charge >= 0.3 is 0 Å². The van der Waals surface area contributed by atoms with Gasteiger partial charge in [0.15, 0.2) is 5.78 Å². The number of hydrogen-bond acceptors (Lipinski definition) is 1. The lowest BCUT2D eigenvalue weighted by Gasteiger charge is -2.22. The van der Waals surface area contributed by atoms with Crippen molar-refractivity contribution in [2.75, 3.05) is 0 Å². The fourth-order valence-corrected chi connectivity index (χ4v) is 2.40. The van der Waals surface area contributed by atoms with Gasteiger partial charge in [-0.2, -0.15) is 0 Å². The van der Waals surface area contributed by atoms with Gasteiger partial charge in [0.25, 0.3) is 0 Å². The van der Waals surface area contributed by atoms with Crippen LogP contribution in [-0.4, -0.2) is 5.78 Å². The Morgan fingerprint density at radius 1 is 1.47 bits per heavy atom. The Hall–Kier alpha value is -0.820. The van der Waals surface area contributed by atoms with Crippen LogP contribution in [-0.2, 0) is 4.79 Å². The lowest BCUT2D eigenvalue weighted by atomic mass is 9.80. The predicted molar refractivity (Wildman–Crippen MR) is 62.7 cm³/mol. The minimum atomic E-state index is 0.227. The summed E-state index contributed by atoms with van der Waals surface area (Å²) in [6, 6.07) is 0. The van der Waals surface area contributed by atoms with E-state index in [9.17, 15) is 4.79 Å². The molecule has 2 aliphatic carbocycles. The molecule has 1 nitrogen and oxygen atoms in total. The molecule has 0 bridgehead atoms. The molecule has 0 saturated carbocycles. The maximum Gasteiger partial charge on any atom is 0.165 e. The van der Waals surface area contributed by atoms with Gasteiger partial charge in [0, 0.05) is 16.5 Å². The fourth-order valence-electron chi connectivity index (χ4n) is 2.26. The Morgan fingerprint density at radius 2 is 2.27 bits per heavy atom. The average molecular weight is 223 g/mol. The number of allylic oxidation sites excluding steroid dienone is 6. The Bertz CT molecular complexity index is 374. The average Bonchev–Trinajstić information content (AvgIpc) is 2.42. The fraction of sp³-hybridized carbons (Fsp3) is 0.462. The summed E-state index contributed by atoms with van der Waals surface area (Å²) >= 11 is 5.94. The highest BCUT2D eigenvalue weighted by Gasteiger charge is 2.26. The van der Waals surface area contributed by atoms with Gasteiger partial charge in [-0.25, -0.2) is 0 Å². The number of carbonyl (C=O) groups is 1. The van der Waals surface area contributed by atoms with Crippen LogP contribution in [0.15, 0.2) is 34.4 Å². The highest BCUT2D eigenvalue weighted by atomic mass is 35.5. The molecule has 15 heavy (non-hydrogen) atoms. The van der Waals surface area contributed by atoms with Crippen molar-refractivity contribution >= 4 is 17.4 Å². The van der Waals surface area contributed by atoms with Crippen LogP contribution in [0.1, 0.15) is 32.6 Å².